The van der Waals surface area contributed by atoms with Crippen LogP contribution in [0.2, 0.25) is 5.02 Å². The Labute approximate surface area is 175 Å². The van der Waals surface area contributed by atoms with Gasteiger partial charge in [0.25, 0.3) is 0 Å². The number of carbonyl (C=O) groups is 1. The molecule has 156 valence electrons. The summed E-state index contributed by atoms with van der Waals surface area (Å²) in [5.41, 5.74) is 0.650. The average molecular weight is 439 g/mol. The lowest BCUT2D eigenvalue weighted by Crippen LogP contribution is -2.41. The third-order valence-corrected chi connectivity index (χ3v) is 7.11. The lowest BCUT2D eigenvalue weighted by molar-refractivity contribution is -0.120. The molecule has 9 heteroatoms. The number of ether oxygens (including phenoxy) is 2. The molecule has 0 aromatic heterocycles. The van der Waals surface area contributed by atoms with Crippen LogP contribution in [-0.4, -0.2) is 45.9 Å². The smallest absolute Gasteiger partial charge is 0.243 e. The van der Waals surface area contributed by atoms with E-state index in [0.29, 0.717) is 30.0 Å². The molecule has 1 N–H and O–H groups in total. The fraction of sp³-hybridized carbons (Fsp3) is 0.350. The summed E-state index contributed by atoms with van der Waals surface area (Å²) in [7, 11) is -0.650. The molecule has 3 rings (SSSR count). The van der Waals surface area contributed by atoms with Crippen molar-refractivity contribution < 1.29 is 22.7 Å². The zero-order valence-electron chi connectivity index (χ0n) is 16.2. The van der Waals surface area contributed by atoms with E-state index in [2.05, 4.69) is 5.32 Å². The van der Waals surface area contributed by atoms with Crippen molar-refractivity contribution in [3.05, 3.63) is 47.5 Å². The van der Waals surface area contributed by atoms with E-state index in [1.807, 2.05) is 0 Å². The molecule has 0 unspecified atom stereocenters. The first-order chi connectivity index (χ1) is 13.8. The maximum atomic E-state index is 12.9. The molecule has 1 fully saturated rings. The number of nitrogens with zero attached hydrogens (tertiary/aromatic N) is 1. The second kappa shape index (κ2) is 9.02. The van der Waals surface area contributed by atoms with Crippen LogP contribution < -0.4 is 14.8 Å². The van der Waals surface area contributed by atoms with Crippen molar-refractivity contribution >= 4 is 33.2 Å². The Kier molecular flexibility index (Phi) is 6.66. The number of sulfonamides is 1. The summed E-state index contributed by atoms with van der Waals surface area (Å²) >= 11 is 6.07. The highest BCUT2D eigenvalue weighted by atomic mass is 35.5. The molecule has 0 atom stereocenters. The Morgan fingerprint density at radius 1 is 1.10 bits per heavy atom. The van der Waals surface area contributed by atoms with Crippen molar-refractivity contribution in [3.8, 4) is 11.5 Å². The Morgan fingerprint density at radius 3 is 2.45 bits per heavy atom. The number of hydrogen-bond acceptors (Lipinski definition) is 5. The van der Waals surface area contributed by atoms with Crippen molar-refractivity contribution in [2.45, 2.75) is 17.7 Å². The molecular weight excluding hydrogens is 416 g/mol. The van der Waals surface area contributed by atoms with Gasteiger partial charge in [-0.1, -0.05) is 17.7 Å². The van der Waals surface area contributed by atoms with E-state index >= 15 is 0 Å². The van der Waals surface area contributed by atoms with Gasteiger partial charge in [-0.2, -0.15) is 4.31 Å². The van der Waals surface area contributed by atoms with Crippen molar-refractivity contribution in [2.75, 3.05) is 32.6 Å². The van der Waals surface area contributed by atoms with Crippen LogP contribution in [0, 0.1) is 5.92 Å². The number of amides is 1. The molecule has 1 amide bonds. The van der Waals surface area contributed by atoms with Gasteiger partial charge in [0, 0.05) is 30.8 Å². The monoisotopic (exact) mass is 438 g/mol. The van der Waals surface area contributed by atoms with E-state index in [1.54, 1.807) is 31.4 Å². The van der Waals surface area contributed by atoms with E-state index in [4.69, 9.17) is 21.1 Å². The highest BCUT2D eigenvalue weighted by Gasteiger charge is 2.32. The number of benzene rings is 2. The van der Waals surface area contributed by atoms with E-state index < -0.39 is 10.0 Å². The van der Waals surface area contributed by atoms with Gasteiger partial charge in [0.1, 0.15) is 11.5 Å². The van der Waals surface area contributed by atoms with E-state index in [0.717, 1.165) is 0 Å². The van der Waals surface area contributed by atoms with E-state index in [9.17, 15) is 13.2 Å². The number of methoxy groups -OCH3 is 2. The van der Waals surface area contributed by atoms with Crippen molar-refractivity contribution in [2.24, 2.45) is 5.92 Å². The minimum Gasteiger partial charge on any atom is -0.497 e. The molecule has 1 aliphatic rings. The molecule has 0 spiro atoms. The van der Waals surface area contributed by atoms with Crippen LogP contribution in [0.25, 0.3) is 0 Å². The Bertz CT molecular complexity index is 988. The number of hydrogen-bond donors (Lipinski definition) is 1. The summed E-state index contributed by atoms with van der Waals surface area (Å²) in [5, 5.41) is 3.11. The van der Waals surface area contributed by atoms with Gasteiger partial charge in [0.05, 0.1) is 24.1 Å². The normalized spacial score (nSPS) is 15.7. The lowest BCUT2D eigenvalue weighted by Gasteiger charge is -2.30. The van der Waals surface area contributed by atoms with Gasteiger partial charge in [0.2, 0.25) is 15.9 Å². The first-order valence-electron chi connectivity index (χ1n) is 9.13. The molecule has 0 aliphatic carbocycles. The third-order valence-electron chi connectivity index (χ3n) is 4.92. The highest BCUT2D eigenvalue weighted by Crippen LogP contribution is 2.30. The molecule has 7 nitrogen and oxygen atoms in total. The van der Waals surface area contributed by atoms with Gasteiger partial charge < -0.3 is 14.8 Å². The van der Waals surface area contributed by atoms with Gasteiger partial charge >= 0.3 is 0 Å². The van der Waals surface area contributed by atoms with Gasteiger partial charge in [-0.05, 0) is 43.2 Å². The molecule has 1 heterocycles. The minimum atomic E-state index is -3.68. The number of anilines is 1. The zero-order valence-corrected chi connectivity index (χ0v) is 17.8. The standard InChI is InChI=1S/C20H23ClN2O5S/c1-27-16-5-3-4-15(12-16)22-20(24)14-8-10-23(11-9-14)29(25,26)17-6-7-19(28-2)18(21)13-17/h3-7,12-14H,8-11H2,1-2H3,(H,22,24). The largest absolute Gasteiger partial charge is 0.497 e. The van der Waals surface area contributed by atoms with Crippen molar-refractivity contribution in [3.63, 3.8) is 0 Å². The van der Waals surface area contributed by atoms with E-state index in [1.165, 1.54) is 29.6 Å². The Balaban J connectivity index is 1.63. The van der Waals surface area contributed by atoms with E-state index in [-0.39, 0.29) is 34.8 Å². The number of rotatable bonds is 6. The molecule has 29 heavy (non-hydrogen) atoms. The first-order valence-corrected chi connectivity index (χ1v) is 11.0. The topological polar surface area (TPSA) is 84.9 Å². The maximum absolute atomic E-state index is 12.9. The lowest BCUT2D eigenvalue weighted by atomic mass is 9.97. The van der Waals surface area contributed by atoms with Gasteiger partial charge in [-0.25, -0.2) is 8.42 Å². The summed E-state index contributed by atoms with van der Waals surface area (Å²) < 4.78 is 37.4. The predicted octanol–water partition coefficient (Wildman–Crippen LogP) is 3.40. The van der Waals surface area contributed by atoms with Crippen molar-refractivity contribution in [1.82, 2.24) is 4.31 Å². The summed E-state index contributed by atoms with van der Waals surface area (Å²) in [6.45, 7) is 0.532. The molecule has 0 saturated carbocycles. The number of piperidine rings is 1. The molecule has 0 radical (unpaired) electrons. The van der Waals surface area contributed by atoms with Crippen LogP contribution in [0.15, 0.2) is 47.4 Å². The van der Waals surface area contributed by atoms with Crippen LogP contribution in [0.1, 0.15) is 12.8 Å². The highest BCUT2D eigenvalue weighted by molar-refractivity contribution is 7.89. The zero-order chi connectivity index (χ0) is 21.0. The summed E-state index contributed by atoms with van der Waals surface area (Å²) in [4.78, 5) is 12.7. The number of nitrogens with one attached hydrogen (secondary N) is 1. The third kappa shape index (κ3) is 4.83. The summed E-state index contributed by atoms with van der Waals surface area (Å²) in [6.07, 6.45) is 0.887. The van der Waals surface area contributed by atoms with Gasteiger partial charge in [-0.3, -0.25) is 4.79 Å². The second-order valence-corrected chi connectivity index (χ2v) is 9.04. The quantitative estimate of drug-likeness (QED) is 0.747. The maximum Gasteiger partial charge on any atom is 0.243 e. The molecule has 2 aromatic carbocycles. The first kappa shape index (κ1) is 21.4. The Hall–Kier alpha value is -2.29. The van der Waals surface area contributed by atoms with Crippen LogP contribution in [0.3, 0.4) is 0 Å². The molecule has 2 aromatic rings. The van der Waals surface area contributed by atoms with Gasteiger partial charge in [-0.15, -0.1) is 0 Å². The SMILES string of the molecule is COc1cccc(NC(=O)C2CCN(S(=O)(=O)c3ccc(OC)c(Cl)c3)CC2)c1. The van der Waals surface area contributed by atoms with Gasteiger partial charge in [0.15, 0.2) is 0 Å². The van der Waals surface area contributed by atoms with Crippen LogP contribution in [-0.2, 0) is 14.8 Å². The number of halogens is 1. The predicted molar refractivity (Wildman–Crippen MR) is 111 cm³/mol. The van der Waals surface area contributed by atoms with Crippen molar-refractivity contribution in [1.29, 1.82) is 0 Å². The summed E-state index contributed by atoms with van der Waals surface area (Å²) in [5.74, 6) is 0.690. The van der Waals surface area contributed by atoms with Crippen LogP contribution in [0.4, 0.5) is 5.69 Å². The fourth-order valence-corrected chi connectivity index (χ4v) is 5.08. The minimum absolute atomic E-state index is 0.114. The van der Waals surface area contributed by atoms with Crippen LogP contribution >= 0.6 is 11.6 Å². The molecule has 1 saturated heterocycles. The fourth-order valence-electron chi connectivity index (χ4n) is 3.26. The molecule has 1 aliphatic heterocycles. The second-order valence-electron chi connectivity index (χ2n) is 6.70. The molecule has 0 bridgehead atoms. The average Bonchev–Trinajstić information content (AvgIpc) is 2.73. The Morgan fingerprint density at radius 2 is 1.83 bits per heavy atom. The molecular formula is C20H23ClN2O5S. The van der Waals surface area contributed by atoms with Crippen LogP contribution in [0.5, 0.6) is 11.5 Å². The number of carbonyl (C=O) groups excluding carboxylic acids is 1. The summed E-state index contributed by atoms with van der Waals surface area (Å²) in [6, 6.07) is 11.5.